The Hall–Kier alpha value is -3.13. The van der Waals surface area contributed by atoms with Gasteiger partial charge in [0.25, 0.3) is 0 Å². The van der Waals surface area contributed by atoms with Crippen LogP contribution in [-0.2, 0) is 7.05 Å². The van der Waals surface area contributed by atoms with Crippen molar-refractivity contribution in [1.29, 1.82) is 0 Å². The predicted octanol–water partition coefficient (Wildman–Crippen LogP) is 3.05. The van der Waals surface area contributed by atoms with E-state index in [0.717, 1.165) is 31.7 Å². The fourth-order valence-corrected chi connectivity index (χ4v) is 3.46. The number of hydrogen-bond acceptors (Lipinski definition) is 5. The lowest BCUT2D eigenvalue weighted by molar-refractivity contribution is 0.0695. The number of aryl methyl sites for hydroxylation is 1. The van der Waals surface area contributed by atoms with E-state index in [1.54, 1.807) is 7.05 Å². The summed E-state index contributed by atoms with van der Waals surface area (Å²) >= 11 is 0. The van der Waals surface area contributed by atoms with Gasteiger partial charge in [-0.05, 0) is 43.2 Å². The first-order valence-electron chi connectivity index (χ1n) is 8.61. The van der Waals surface area contributed by atoms with Crippen LogP contribution in [0.2, 0.25) is 0 Å². The maximum atomic E-state index is 14.5. The molecule has 2 heterocycles. The van der Waals surface area contributed by atoms with Crippen molar-refractivity contribution in [2.75, 3.05) is 11.9 Å². The van der Waals surface area contributed by atoms with Crippen LogP contribution in [0.3, 0.4) is 0 Å². The molecule has 0 unspecified atom stereocenters. The fraction of sp³-hybridized carbons (Fsp3) is 0.471. The average Bonchev–Trinajstić information content (AvgIpc) is 2.65. The van der Waals surface area contributed by atoms with Crippen LogP contribution in [0.1, 0.15) is 36.0 Å². The van der Waals surface area contributed by atoms with Crippen LogP contribution in [0.25, 0.3) is 21.5 Å². The molecule has 0 amide bonds. The molecule has 2 aromatic heterocycles. The molecule has 1 fully saturated rings. The summed E-state index contributed by atoms with van der Waals surface area (Å²) in [6.07, 6.45) is 4.50. The second kappa shape index (κ2) is 7.63. The third-order valence-electron chi connectivity index (χ3n) is 4.92. The van der Waals surface area contributed by atoms with Gasteiger partial charge >= 0.3 is 5.97 Å². The van der Waals surface area contributed by atoms with Gasteiger partial charge in [-0.25, -0.2) is 14.2 Å². The molecular weight excluding hydrogens is 355 g/mol. The van der Waals surface area contributed by atoms with Gasteiger partial charge in [0.15, 0.2) is 11.6 Å². The van der Waals surface area contributed by atoms with Gasteiger partial charge in [-0.15, -0.1) is 0 Å². The number of fused-ring (bicyclic) bond motifs is 1. The Labute approximate surface area is 153 Å². The quantitative estimate of drug-likeness (QED) is 0.471. The van der Waals surface area contributed by atoms with E-state index >= 15 is 0 Å². The summed E-state index contributed by atoms with van der Waals surface area (Å²) in [6.45, 7) is 0.472. The first-order chi connectivity index (χ1) is 12.9. The van der Waals surface area contributed by atoms with Gasteiger partial charge in [-0.2, -0.15) is 0 Å². The summed E-state index contributed by atoms with van der Waals surface area (Å²) in [5, 5.41) is 15.7. The Morgan fingerprint density at radius 1 is 1.48 bits per heavy atom. The molecule has 9 nitrogen and oxygen atoms in total. The maximum Gasteiger partial charge on any atom is 0.341 e. The van der Waals surface area contributed by atoms with E-state index in [2.05, 4.69) is 20.3 Å². The SMILES string of the molecule is Cn1cc(C(=O)O)c(=O)c2cc(F)c(N[C@H]3CC[C@H](CN=[N+]=[N-])CC3)nc21. The highest BCUT2D eigenvalue weighted by Gasteiger charge is 2.23. The van der Waals surface area contributed by atoms with Crippen LogP contribution in [0.5, 0.6) is 0 Å². The maximum absolute atomic E-state index is 14.5. The van der Waals surface area contributed by atoms with Gasteiger partial charge in [0, 0.05) is 30.7 Å². The number of hydrogen-bond donors (Lipinski definition) is 2. The number of rotatable bonds is 5. The molecule has 0 saturated heterocycles. The number of nitrogens with one attached hydrogen (secondary N) is 1. The Balaban J connectivity index is 1.84. The van der Waals surface area contributed by atoms with E-state index in [1.807, 2.05) is 0 Å². The highest BCUT2D eigenvalue weighted by atomic mass is 19.1. The number of carbonyl (C=O) groups is 1. The van der Waals surface area contributed by atoms with Crippen molar-refractivity contribution < 1.29 is 14.3 Å². The van der Waals surface area contributed by atoms with Crippen LogP contribution in [0.4, 0.5) is 10.2 Å². The average molecular weight is 374 g/mol. The van der Waals surface area contributed by atoms with Crippen molar-refractivity contribution in [3.8, 4) is 0 Å². The zero-order valence-electron chi connectivity index (χ0n) is 14.7. The van der Waals surface area contributed by atoms with Gasteiger partial charge in [-0.1, -0.05) is 5.11 Å². The van der Waals surface area contributed by atoms with Crippen LogP contribution < -0.4 is 10.7 Å². The normalized spacial score (nSPS) is 19.5. The summed E-state index contributed by atoms with van der Waals surface area (Å²) in [5.74, 6) is -1.68. The Morgan fingerprint density at radius 3 is 2.81 bits per heavy atom. The van der Waals surface area contributed by atoms with Gasteiger partial charge in [-0.3, -0.25) is 4.79 Å². The molecule has 0 bridgehead atoms. The number of carboxylic acid groups (broad SMARTS) is 1. The van der Waals surface area contributed by atoms with Gasteiger partial charge in [0.05, 0.1) is 5.39 Å². The predicted molar refractivity (Wildman–Crippen MR) is 97.3 cm³/mol. The summed E-state index contributed by atoms with van der Waals surface area (Å²) < 4.78 is 15.9. The lowest BCUT2D eigenvalue weighted by Gasteiger charge is -2.28. The lowest BCUT2D eigenvalue weighted by Crippen LogP contribution is -2.28. The van der Waals surface area contributed by atoms with Crippen molar-refractivity contribution in [2.24, 2.45) is 18.1 Å². The molecule has 1 aliphatic carbocycles. The number of halogens is 1. The second-order valence-electron chi connectivity index (χ2n) is 6.75. The Bertz CT molecular complexity index is 990. The third-order valence-corrected chi connectivity index (χ3v) is 4.92. The molecule has 10 heteroatoms. The van der Waals surface area contributed by atoms with Crippen molar-refractivity contribution in [1.82, 2.24) is 9.55 Å². The highest BCUT2D eigenvalue weighted by molar-refractivity contribution is 5.92. The second-order valence-corrected chi connectivity index (χ2v) is 6.75. The molecule has 0 radical (unpaired) electrons. The van der Waals surface area contributed by atoms with E-state index in [4.69, 9.17) is 10.6 Å². The molecule has 1 aliphatic rings. The van der Waals surface area contributed by atoms with Gasteiger partial charge in [0.2, 0.25) is 5.43 Å². The van der Waals surface area contributed by atoms with Crippen LogP contribution in [0, 0.1) is 11.7 Å². The van der Waals surface area contributed by atoms with E-state index in [1.165, 1.54) is 10.8 Å². The summed E-state index contributed by atoms with van der Waals surface area (Å²) in [5.41, 5.74) is 7.42. The smallest absolute Gasteiger partial charge is 0.341 e. The van der Waals surface area contributed by atoms with Gasteiger partial charge in [0.1, 0.15) is 11.2 Å². The molecule has 2 aromatic rings. The van der Waals surface area contributed by atoms with E-state index in [0.29, 0.717) is 12.5 Å². The number of aromatic nitrogens is 2. The monoisotopic (exact) mass is 374 g/mol. The largest absolute Gasteiger partial charge is 0.477 e. The number of anilines is 1. The van der Waals surface area contributed by atoms with Crippen LogP contribution in [0.15, 0.2) is 22.2 Å². The number of carboxylic acids is 1. The molecule has 2 N–H and O–H groups in total. The van der Waals surface area contributed by atoms with Crippen molar-refractivity contribution in [3.05, 3.63) is 44.3 Å². The molecule has 142 valence electrons. The molecule has 27 heavy (non-hydrogen) atoms. The Morgan fingerprint density at radius 2 is 2.19 bits per heavy atom. The number of pyridine rings is 2. The van der Waals surface area contributed by atoms with Crippen molar-refractivity contribution >= 4 is 22.8 Å². The first kappa shape index (κ1) is 18.7. The summed E-state index contributed by atoms with van der Waals surface area (Å²) in [7, 11) is 1.56. The van der Waals surface area contributed by atoms with Gasteiger partial charge < -0.3 is 15.0 Å². The summed E-state index contributed by atoms with van der Waals surface area (Å²) in [6, 6.07) is 1.06. The zero-order valence-corrected chi connectivity index (χ0v) is 14.7. The number of nitrogens with zero attached hydrogens (tertiary/aromatic N) is 5. The van der Waals surface area contributed by atoms with Crippen LogP contribution >= 0.6 is 0 Å². The summed E-state index contributed by atoms with van der Waals surface area (Å²) in [4.78, 5) is 30.4. The van der Waals surface area contributed by atoms with Crippen molar-refractivity contribution in [2.45, 2.75) is 31.7 Å². The minimum atomic E-state index is -1.36. The standard InChI is InChI=1S/C17H19FN6O3/c1-24-8-12(17(26)27)14(25)11-6-13(18)15(22-16(11)24)21-10-4-2-9(3-5-10)7-20-23-19/h6,8-10H,2-5,7H2,1H3,(H,21,22)(H,26,27)/t9-,10-. The molecule has 3 rings (SSSR count). The zero-order chi connectivity index (χ0) is 19.6. The van der Waals surface area contributed by atoms with Crippen LogP contribution in [-0.4, -0.2) is 33.2 Å². The minimum absolute atomic E-state index is 0.0297. The highest BCUT2D eigenvalue weighted by Crippen LogP contribution is 2.28. The fourth-order valence-electron chi connectivity index (χ4n) is 3.46. The van der Waals surface area contributed by atoms with E-state index in [-0.39, 0.29) is 22.9 Å². The minimum Gasteiger partial charge on any atom is -0.477 e. The molecule has 1 saturated carbocycles. The topological polar surface area (TPSA) is 133 Å². The third kappa shape index (κ3) is 3.85. The van der Waals surface area contributed by atoms with E-state index in [9.17, 15) is 14.0 Å². The van der Waals surface area contributed by atoms with E-state index < -0.39 is 22.8 Å². The van der Waals surface area contributed by atoms with Crippen molar-refractivity contribution in [3.63, 3.8) is 0 Å². The Kier molecular flexibility index (Phi) is 5.27. The number of aromatic carboxylic acids is 1. The first-order valence-corrected chi connectivity index (χ1v) is 8.61. The molecule has 0 aromatic carbocycles. The number of azide groups is 1. The molecule has 0 spiro atoms. The molecule has 0 atom stereocenters. The molecular formula is C17H19FN6O3. The molecule has 0 aliphatic heterocycles. The lowest BCUT2D eigenvalue weighted by atomic mass is 9.86.